The third-order valence-corrected chi connectivity index (χ3v) is 11.9. The van der Waals surface area contributed by atoms with Gasteiger partial charge in [-0.1, -0.05) is 41.5 Å². The van der Waals surface area contributed by atoms with E-state index in [4.69, 9.17) is 28.1 Å². The minimum atomic E-state index is -2.57. The molecule has 1 aromatic rings. The van der Waals surface area contributed by atoms with Gasteiger partial charge >= 0.3 is 23.9 Å². The number of esters is 4. The lowest BCUT2D eigenvalue weighted by molar-refractivity contribution is -0.382. The lowest BCUT2D eigenvalue weighted by Gasteiger charge is -2.69. The number of carbonyl (C=O) groups excluding carboxylic acids is 4. The van der Waals surface area contributed by atoms with Crippen LogP contribution in [0.4, 0.5) is 0 Å². The van der Waals surface area contributed by atoms with Crippen LogP contribution in [-0.4, -0.2) is 70.4 Å². The van der Waals surface area contributed by atoms with E-state index >= 15 is 0 Å². The summed E-state index contributed by atoms with van der Waals surface area (Å²) in [7, 11) is 1.23. The van der Waals surface area contributed by atoms with Crippen LogP contribution in [0, 0.1) is 39.9 Å². The Morgan fingerprint density at radius 1 is 1.05 bits per heavy atom. The molecule has 1 spiro atoms. The molecule has 1 aromatic heterocycles. The van der Waals surface area contributed by atoms with Gasteiger partial charge in [0, 0.05) is 40.6 Å². The number of carbonyl (C=O) groups is 4. The van der Waals surface area contributed by atoms with Gasteiger partial charge in [0.05, 0.1) is 37.9 Å². The summed E-state index contributed by atoms with van der Waals surface area (Å²) in [6, 6.07) is 1.71. The highest BCUT2D eigenvalue weighted by molar-refractivity contribution is 5.78. The van der Waals surface area contributed by atoms with E-state index in [-0.39, 0.29) is 6.42 Å². The predicted octanol–water partition coefficient (Wildman–Crippen LogP) is 2.84. The van der Waals surface area contributed by atoms with Gasteiger partial charge in [-0.05, 0) is 18.9 Å². The molecule has 2 bridgehead atoms. The predicted molar refractivity (Wildman–Crippen MR) is 148 cm³/mol. The summed E-state index contributed by atoms with van der Waals surface area (Å²) in [6.07, 6.45) is -0.315. The number of fused-ring (bicyclic) bond motifs is 2. The van der Waals surface area contributed by atoms with Gasteiger partial charge in [0.2, 0.25) is 5.79 Å². The molecule has 3 saturated heterocycles. The van der Waals surface area contributed by atoms with Crippen LogP contribution >= 0.6 is 0 Å². The molecular formula is C32H42O12. The quantitative estimate of drug-likeness (QED) is 0.366. The van der Waals surface area contributed by atoms with Crippen molar-refractivity contribution >= 4 is 23.9 Å². The van der Waals surface area contributed by atoms with Gasteiger partial charge in [0.25, 0.3) is 0 Å². The molecule has 4 heterocycles. The lowest BCUT2D eigenvalue weighted by Crippen LogP contribution is -2.85. The Morgan fingerprint density at radius 3 is 2.30 bits per heavy atom. The molecule has 11 atom stereocenters. The fourth-order valence-corrected chi connectivity index (χ4v) is 10.4. The number of rotatable bonds is 5. The molecule has 2 saturated carbocycles. The van der Waals surface area contributed by atoms with Crippen LogP contribution in [-0.2, 0) is 42.9 Å². The Kier molecular flexibility index (Phi) is 6.56. The molecule has 242 valence electrons. The highest BCUT2D eigenvalue weighted by atomic mass is 16.7. The van der Waals surface area contributed by atoms with Crippen molar-refractivity contribution in [3.63, 3.8) is 0 Å². The number of furan rings is 1. The summed E-state index contributed by atoms with van der Waals surface area (Å²) in [6.45, 7) is 11.4. The van der Waals surface area contributed by atoms with Crippen molar-refractivity contribution in [3.8, 4) is 0 Å². The van der Waals surface area contributed by atoms with Crippen LogP contribution < -0.4 is 0 Å². The van der Waals surface area contributed by atoms with Crippen molar-refractivity contribution in [2.24, 2.45) is 39.9 Å². The highest BCUT2D eigenvalue weighted by Crippen LogP contribution is 2.82. The molecule has 2 aliphatic carbocycles. The number of methoxy groups -OCH3 is 1. The van der Waals surface area contributed by atoms with Crippen molar-refractivity contribution in [2.75, 3.05) is 7.11 Å². The fourth-order valence-electron chi connectivity index (χ4n) is 10.4. The number of hydrogen-bond acceptors (Lipinski definition) is 12. The molecule has 0 aromatic carbocycles. The minimum Gasteiger partial charge on any atom is -0.472 e. The number of aliphatic hydroxyl groups is 2. The Balaban J connectivity index is 1.66. The second kappa shape index (κ2) is 9.29. The maximum Gasteiger partial charge on any atom is 0.310 e. The van der Waals surface area contributed by atoms with Crippen LogP contribution in [0.1, 0.15) is 79.4 Å². The minimum absolute atomic E-state index is 0.177. The summed E-state index contributed by atoms with van der Waals surface area (Å²) < 4.78 is 35.4. The Morgan fingerprint density at radius 2 is 1.73 bits per heavy atom. The third kappa shape index (κ3) is 3.34. The van der Waals surface area contributed by atoms with Crippen molar-refractivity contribution < 1.29 is 57.5 Å². The molecule has 6 rings (SSSR count). The number of ether oxygens (including phenoxy) is 5. The Hall–Kier alpha value is -2.96. The molecule has 11 unspecified atom stereocenters. The topological polar surface area (TPSA) is 168 Å². The van der Waals surface area contributed by atoms with E-state index in [1.54, 1.807) is 40.7 Å². The van der Waals surface area contributed by atoms with Crippen LogP contribution in [0.25, 0.3) is 0 Å². The second-order valence-electron chi connectivity index (χ2n) is 14.7. The van der Waals surface area contributed by atoms with E-state index in [1.165, 1.54) is 19.6 Å². The molecule has 12 nitrogen and oxygen atoms in total. The van der Waals surface area contributed by atoms with E-state index in [0.717, 1.165) is 6.92 Å². The molecule has 2 N–H and O–H groups in total. The largest absolute Gasteiger partial charge is 0.472 e. The van der Waals surface area contributed by atoms with Crippen LogP contribution in [0.3, 0.4) is 0 Å². The van der Waals surface area contributed by atoms with Gasteiger partial charge in [-0.25, -0.2) is 0 Å². The summed E-state index contributed by atoms with van der Waals surface area (Å²) in [5.41, 5.74) is -7.35. The molecule has 3 aliphatic heterocycles. The van der Waals surface area contributed by atoms with Crippen molar-refractivity contribution in [1.82, 2.24) is 0 Å². The average molecular weight is 619 g/mol. The zero-order valence-corrected chi connectivity index (χ0v) is 26.4. The SMILES string of the molecule is COC(=O)C1C(C)(C)C(OC(C)=O)C2(O)C(OC(=O)C(C)C)C34OC2(O)C1(C)C3CCC1(C)C(c2ccoc2)OC(=O)CC14. The van der Waals surface area contributed by atoms with E-state index in [2.05, 4.69) is 0 Å². The van der Waals surface area contributed by atoms with Gasteiger partial charge in [-0.15, -0.1) is 0 Å². The van der Waals surface area contributed by atoms with Gasteiger partial charge in [0.1, 0.15) is 17.8 Å². The highest BCUT2D eigenvalue weighted by Gasteiger charge is 2.97. The summed E-state index contributed by atoms with van der Waals surface area (Å²) >= 11 is 0. The number of cyclic esters (lactones) is 1. The van der Waals surface area contributed by atoms with E-state index in [0.29, 0.717) is 18.4 Å². The normalized spacial score (nSPS) is 46.5. The maximum atomic E-state index is 13.8. The molecule has 12 heteroatoms. The average Bonchev–Trinajstić information content (AvgIpc) is 3.58. The van der Waals surface area contributed by atoms with E-state index in [1.807, 2.05) is 6.92 Å². The zero-order chi connectivity index (χ0) is 32.4. The van der Waals surface area contributed by atoms with Crippen molar-refractivity contribution in [2.45, 2.75) is 103 Å². The molecule has 0 radical (unpaired) electrons. The lowest BCUT2D eigenvalue weighted by atomic mass is 9.35. The summed E-state index contributed by atoms with van der Waals surface area (Å²) in [5, 5.41) is 26.0. The second-order valence-corrected chi connectivity index (χ2v) is 14.7. The summed E-state index contributed by atoms with van der Waals surface area (Å²) in [5.74, 6) is -8.52. The van der Waals surface area contributed by atoms with E-state index in [9.17, 15) is 29.4 Å². The van der Waals surface area contributed by atoms with Crippen molar-refractivity contribution in [3.05, 3.63) is 24.2 Å². The molecular weight excluding hydrogens is 576 g/mol. The molecule has 5 fully saturated rings. The molecule has 44 heavy (non-hydrogen) atoms. The fraction of sp³-hybridized carbons (Fsp3) is 0.750. The first-order valence-electron chi connectivity index (χ1n) is 15.2. The molecule has 5 aliphatic rings. The third-order valence-electron chi connectivity index (χ3n) is 11.9. The first-order chi connectivity index (χ1) is 20.4. The van der Waals surface area contributed by atoms with Gasteiger partial charge < -0.3 is 38.3 Å². The van der Waals surface area contributed by atoms with Gasteiger partial charge in [0.15, 0.2) is 11.7 Å². The Labute approximate surface area is 255 Å². The van der Waals surface area contributed by atoms with Gasteiger partial charge in [-0.3, -0.25) is 19.2 Å². The van der Waals surface area contributed by atoms with Crippen LogP contribution in [0.5, 0.6) is 0 Å². The van der Waals surface area contributed by atoms with Crippen LogP contribution in [0.15, 0.2) is 23.0 Å². The molecule has 0 amide bonds. The van der Waals surface area contributed by atoms with E-state index < -0.39 is 99.1 Å². The van der Waals surface area contributed by atoms with Gasteiger partial charge in [-0.2, -0.15) is 0 Å². The first kappa shape index (κ1) is 31.0. The maximum absolute atomic E-state index is 13.8. The summed E-state index contributed by atoms with van der Waals surface area (Å²) in [4.78, 5) is 53.2. The van der Waals surface area contributed by atoms with Crippen molar-refractivity contribution in [1.29, 1.82) is 0 Å². The standard InChI is InChI=1S/C32H42O12/c1-15(2)23(35)43-26-30-18(9-11-28(6)19(30)13-20(34)42-22(28)17-10-12-40-14-17)29(7)21(24(36)39-8)27(4,5)25(41-16(3)33)31(26,37)32(29,38)44-30/h10,12,14-15,18-19,21-22,25-26,37-38H,9,11,13H2,1-8H3. The smallest absolute Gasteiger partial charge is 0.310 e. The first-order valence-corrected chi connectivity index (χ1v) is 15.2. The van der Waals surface area contributed by atoms with Crippen LogP contribution in [0.2, 0.25) is 0 Å². The number of hydrogen-bond donors (Lipinski definition) is 2. The Bertz CT molecular complexity index is 1400. The monoisotopic (exact) mass is 618 g/mol. The zero-order valence-electron chi connectivity index (χ0n) is 26.4.